The summed E-state index contributed by atoms with van der Waals surface area (Å²) in [5.41, 5.74) is 7.72. The third-order valence-corrected chi connectivity index (χ3v) is 7.64. The maximum Gasteiger partial charge on any atom is 0.446 e. The average Bonchev–Trinajstić information content (AvgIpc) is 4.08. The highest BCUT2D eigenvalue weighted by atomic mass is 19.4. The lowest BCUT2D eigenvalue weighted by Gasteiger charge is -2.19. The van der Waals surface area contributed by atoms with Crippen molar-refractivity contribution in [2.24, 2.45) is 5.73 Å². The second-order valence-electron chi connectivity index (χ2n) is 11.8. The molecule has 0 saturated carbocycles. The summed E-state index contributed by atoms with van der Waals surface area (Å²) < 4.78 is 46.9. The van der Waals surface area contributed by atoms with Crippen molar-refractivity contribution in [2.75, 3.05) is 13.2 Å². The summed E-state index contributed by atoms with van der Waals surface area (Å²) in [4.78, 5) is 45.3. The Morgan fingerprint density at radius 1 is 0.804 bits per heavy atom. The van der Waals surface area contributed by atoms with E-state index in [-0.39, 0.29) is 25.6 Å². The van der Waals surface area contributed by atoms with Crippen molar-refractivity contribution in [1.82, 2.24) is 5.32 Å². The standard InChI is InChI=1S/C21H23NO4.C13H17NO2.C2HF3O.CH4.N2/c1-21(15-26-21)19(23)18(13-12-16-8-4-2-5-9-16)22-20(24)25-14-17-10-6-3-7-11-17;1-13(9-16-13)12(15)11(14)8-7-10-5-3-2-4-6-10;3-2(4,5)1-6;;1-2/h2-11,18H,12-15H2,1H3,(H,22,24);2-6,11H,7-9,14H2,1H3;1H;1H4;/t18?,21-;11?,13-;;;/m11.../s1. The lowest BCUT2D eigenvalue weighted by Crippen LogP contribution is -2.46. The molecule has 0 spiro atoms. The van der Waals surface area contributed by atoms with Crippen LogP contribution in [0.25, 0.3) is 0 Å². The van der Waals surface area contributed by atoms with E-state index in [4.69, 9.17) is 35.5 Å². The van der Waals surface area contributed by atoms with Gasteiger partial charge in [-0.15, -0.1) is 0 Å². The van der Waals surface area contributed by atoms with E-state index in [1.54, 1.807) is 13.8 Å². The zero-order valence-electron chi connectivity index (χ0n) is 27.8. The van der Waals surface area contributed by atoms with Gasteiger partial charge in [-0.1, -0.05) is 98.4 Å². The van der Waals surface area contributed by atoms with E-state index in [0.717, 1.165) is 17.5 Å². The largest absolute Gasteiger partial charge is 0.446 e. The van der Waals surface area contributed by atoms with Gasteiger partial charge in [-0.05, 0) is 56.2 Å². The predicted molar refractivity (Wildman–Crippen MR) is 182 cm³/mol. The summed E-state index contributed by atoms with van der Waals surface area (Å²) >= 11 is 0. The quantitative estimate of drug-likeness (QED) is 0.121. The van der Waals surface area contributed by atoms with Crippen LogP contribution in [-0.2, 0) is 48.0 Å². The van der Waals surface area contributed by atoms with Crippen molar-refractivity contribution in [3.8, 4) is 0 Å². The molecule has 5 rings (SSSR count). The number of rotatable bonds is 13. The third-order valence-electron chi connectivity index (χ3n) is 7.64. The molecule has 2 aliphatic rings. The number of alkyl carbamates (subject to hydrolysis) is 1. The van der Waals surface area contributed by atoms with E-state index in [1.165, 1.54) is 5.56 Å². The van der Waals surface area contributed by atoms with Crippen LogP contribution in [-0.4, -0.2) is 66.6 Å². The molecular weight excluding hydrogens is 669 g/mol. The van der Waals surface area contributed by atoms with Crippen LogP contribution in [0.15, 0.2) is 91.0 Å². The number of halogens is 3. The number of carbonyl (C=O) groups is 4. The maximum absolute atomic E-state index is 12.7. The molecule has 1 amide bonds. The summed E-state index contributed by atoms with van der Waals surface area (Å²) in [5, 5.41) is 14.7. The molecule has 2 heterocycles. The van der Waals surface area contributed by atoms with E-state index in [9.17, 15) is 27.6 Å². The Bertz CT molecular complexity index is 1520. The molecule has 3 aromatic carbocycles. The van der Waals surface area contributed by atoms with Gasteiger partial charge < -0.3 is 25.3 Å². The number of amides is 1. The van der Waals surface area contributed by atoms with Gasteiger partial charge in [0, 0.05) is 10.8 Å². The van der Waals surface area contributed by atoms with Gasteiger partial charge in [-0.3, -0.25) is 14.4 Å². The molecule has 11 nitrogen and oxygen atoms in total. The fourth-order valence-electron chi connectivity index (χ4n) is 4.49. The van der Waals surface area contributed by atoms with Gasteiger partial charge in [0.1, 0.15) is 17.8 Å². The summed E-state index contributed by atoms with van der Waals surface area (Å²) in [6, 6.07) is 28.3. The monoisotopic (exact) mass is 714 g/mol. The van der Waals surface area contributed by atoms with Crippen LogP contribution >= 0.6 is 0 Å². The smallest absolute Gasteiger partial charge is 0.445 e. The molecule has 4 atom stereocenters. The first-order chi connectivity index (χ1) is 23.7. The number of aldehydes is 1. The van der Waals surface area contributed by atoms with Gasteiger partial charge in [0.25, 0.3) is 0 Å². The van der Waals surface area contributed by atoms with Gasteiger partial charge in [-0.25, -0.2) is 4.79 Å². The van der Waals surface area contributed by atoms with Crippen LogP contribution in [0.4, 0.5) is 18.0 Å². The number of nitrogens with zero attached hydrogens (tertiary/aromatic N) is 2. The van der Waals surface area contributed by atoms with Gasteiger partial charge >= 0.3 is 12.3 Å². The molecule has 0 radical (unpaired) electrons. The lowest BCUT2D eigenvalue weighted by atomic mass is 9.95. The van der Waals surface area contributed by atoms with Crippen LogP contribution in [0.2, 0.25) is 0 Å². The number of nitrogens with two attached hydrogens (primary N) is 1. The molecule has 14 heteroatoms. The first-order valence-corrected chi connectivity index (χ1v) is 15.6. The molecule has 0 aliphatic carbocycles. The number of nitrogens with one attached hydrogen (secondary N) is 1. The first kappa shape index (κ1) is 44.1. The fraction of sp³-hybridized carbons (Fsp3) is 0.405. The number of hydrogen-bond donors (Lipinski definition) is 2. The van der Waals surface area contributed by atoms with Gasteiger partial charge in [0.2, 0.25) is 6.29 Å². The second-order valence-corrected chi connectivity index (χ2v) is 11.8. The topological polar surface area (TPSA) is 188 Å². The normalized spacial score (nSPS) is 19.1. The van der Waals surface area contributed by atoms with E-state index in [2.05, 4.69) is 5.32 Å². The summed E-state index contributed by atoms with van der Waals surface area (Å²) in [6.45, 7) is 4.64. The van der Waals surface area contributed by atoms with Gasteiger partial charge in [-0.2, -0.15) is 13.2 Å². The Kier molecular flexibility index (Phi) is 18.4. The molecule has 51 heavy (non-hydrogen) atoms. The van der Waals surface area contributed by atoms with E-state index >= 15 is 0 Å². The fourth-order valence-corrected chi connectivity index (χ4v) is 4.49. The molecule has 0 aromatic heterocycles. The Labute approximate surface area is 296 Å². The minimum absolute atomic E-state index is 0. The van der Waals surface area contributed by atoms with E-state index < -0.39 is 41.8 Å². The van der Waals surface area contributed by atoms with Crippen molar-refractivity contribution in [2.45, 2.75) is 83.0 Å². The predicted octanol–water partition coefficient (Wildman–Crippen LogP) is 5.99. The summed E-state index contributed by atoms with van der Waals surface area (Å²) in [7, 11) is 0. The van der Waals surface area contributed by atoms with Crippen molar-refractivity contribution >= 4 is 23.9 Å². The number of aryl methyl sites for hydroxylation is 2. The number of epoxide rings is 2. The lowest BCUT2D eigenvalue weighted by molar-refractivity contribution is -0.156. The molecule has 2 aliphatic heterocycles. The molecule has 3 aromatic rings. The number of carbonyl (C=O) groups excluding carboxylic acids is 4. The van der Waals surface area contributed by atoms with Crippen molar-refractivity contribution < 1.29 is 46.6 Å². The minimum atomic E-state index is -4.64. The number of Topliss-reactive ketones (excluding diaryl/α,β-unsaturated/α-hetero) is 2. The van der Waals surface area contributed by atoms with Crippen LogP contribution in [0.3, 0.4) is 0 Å². The number of alkyl halides is 3. The molecule has 2 fully saturated rings. The molecular formula is C37H45F3N4O7. The van der Waals surface area contributed by atoms with Crippen molar-refractivity contribution in [3.05, 3.63) is 108 Å². The van der Waals surface area contributed by atoms with E-state index in [1.807, 2.05) is 91.0 Å². The van der Waals surface area contributed by atoms with E-state index in [0.29, 0.717) is 32.5 Å². The second kappa shape index (κ2) is 21.3. The third kappa shape index (κ3) is 16.5. The number of ketones is 2. The first-order valence-electron chi connectivity index (χ1n) is 15.6. The van der Waals surface area contributed by atoms with Gasteiger partial charge in [0.15, 0.2) is 11.6 Å². The molecule has 2 saturated heterocycles. The summed E-state index contributed by atoms with van der Waals surface area (Å²) in [6.07, 6.45) is -3.59. The highest BCUT2D eigenvalue weighted by molar-refractivity contribution is 5.95. The van der Waals surface area contributed by atoms with Gasteiger partial charge in [0.05, 0.1) is 25.3 Å². The SMILES string of the molecule is C.C[C@]1(C(=O)C(CCc2ccccc2)NC(=O)OCc2ccccc2)CO1.C[C@]1(C(=O)C(N)CCc2ccccc2)CO1.N#N.O=CC(F)(F)F. The van der Waals surface area contributed by atoms with Crippen molar-refractivity contribution in [3.63, 3.8) is 0 Å². The molecule has 2 unspecified atom stereocenters. The zero-order valence-corrected chi connectivity index (χ0v) is 27.8. The Balaban J connectivity index is 0.000000443. The zero-order chi connectivity index (χ0) is 37.2. The number of ether oxygens (including phenoxy) is 3. The maximum atomic E-state index is 12.7. The summed E-state index contributed by atoms with van der Waals surface area (Å²) in [5.74, 6) is -0.0754. The van der Waals surface area contributed by atoms with Crippen molar-refractivity contribution in [1.29, 1.82) is 10.8 Å². The van der Waals surface area contributed by atoms with Crippen LogP contribution in [0, 0.1) is 10.8 Å². The average molecular weight is 715 g/mol. The van der Waals surface area contributed by atoms with Crippen LogP contribution < -0.4 is 11.1 Å². The number of benzene rings is 3. The van der Waals surface area contributed by atoms with Crippen LogP contribution in [0.5, 0.6) is 0 Å². The molecule has 3 N–H and O–H groups in total. The molecule has 0 bridgehead atoms. The Morgan fingerprint density at radius 2 is 1.18 bits per heavy atom. The highest BCUT2D eigenvalue weighted by Gasteiger charge is 2.50. The highest BCUT2D eigenvalue weighted by Crippen LogP contribution is 2.30. The number of hydrogen-bond acceptors (Lipinski definition) is 10. The van der Waals surface area contributed by atoms with Crippen LogP contribution in [0.1, 0.15) is 50.8 Å². The minimum Gasteiger partial charge on any atom is -0.445 e. The Morgan fingerprint density at radius 3 is 1.57 bits per heavy atom. The molecule has 276 valence electrons. The Hall–Kier alpha value is -4.97.